The lowest BCUT2D eigenvalue weighted by Gasteiger charge is -2.07. The van der Waals surface area contributed by atoms with Crippen molar-refractivity contribution in [3.05, 3.63) is 65.2 Å². The van der Waals surface area contributed by atoms with E-state index in [-0.39, 0.29) is 18.2 Å². The van der Waals surface area contributed by atoms with Crippen LogP contribution in [0.2, 0.25) is 0 Å². The van der Waals surface area contributed by atoms with Crippen molar-refractivity contribution >= 4 is 17.4 Å². The Hall–Kier alpha value is -2.46. The van der Waals surface area contributed by atoms with Gasteiger partial charge in [-0.25, -0.2) is 0 Å². The number of nitrogens with one attached hydrogen (secondary N) is 1. The molecule has 0 aromatic heterocycles. The molecule has 0 aliphatic carbocycles. The first-order valence-electron chi connectivity index (χ1n) is 6.31. The zero-order valence-corrected chi connectivity index (χ0v) is 11.2. The maximum absolute atomic E-state index is 12.1. The van der Waals surface area contributed by atoms with Gasteiger partial charge in [-0.1, -0.05) is 29.8 Å². The van der Waals surface area contributed by atoms with Crippen molar-refractivity contribution < 1.29 is 9.59 Å². The van der Waals surface area contributed by atoms with Crippen molar-refractivity contribution in [1.29, 1.82) is 0 Å². The number of nitrogens with two attached hydrogens (primary N) is 1. The first-order valence-corrected chi connectivity index (χ1v) is 6.31. The van der Waals surface area contributed by atoms with E-state index in [2.05, 4.69) is 5.32 Å². The Morgan fingerprint density at radius 3 is 2.45 bits per heavy atom. The fraction of sp³-hybridized carbons (Fsp3) is 0.125. The molecule has 4 heteroatoms. The average molecular weight is 268 g/mol. The highest BCUT2D eigenvalue weighted by atomic mass is 16.1. The Balaban J connectivity index is 2.18. The van der Waals surface area contributed by atoms with Crippen LogP contribution in [0.1, 0.15) is 26.3 Å². The summed E-state index contributed by atoms with van der Waals surface area (Å²) in [7, 11) is 0. The van der Waals surface area contributed by atoms with Crippen LogP contribution in [0.25, 0.3) is 0 Å². The van der Waals surface area contributed by atoms with E-state index >= 15 is 0 Å². The van der Waals surface area contributed by atoms with Crippen LogP contribution >= 0.6 is 0 Å². The Kier molecular flexibility index (Phi) is 4.27. The summed E-state index contributed by atoms with van der Waals surface area (Å²) < 4.78 is 0. The number of Topliss-reactive ketones (excluding diaryl/α,β-unsaturated/α-hetero) is 1. The Bertz CT molecular complexity index is 650. The maximum Gasteiger partial charge on any atom is 0.255 e. The number of carbonyl (C=O) groups excluding carboxylic acids is 2. The summed E-state index contributed by atoms with van der Waals surface area (Å²) in [4.78, 5) is 23.6. The van der Waals surface area contributed by atoms with Crippen LogP contribution in [-0.2, 0) is 0 Å². The first-order chi connectivity index (χ1) is 9.60. The van der Waals surface area contributed by atoms with Gasteiger partial charge in [0.05, 0.1) is 6.54 Å². The van der Waals surface area contributed by atoms with Gasteiger partial charge in [-0.2, -0.15) is 0 Å². The monoisotopic (exact) mass is 268 g/mol. The normalized spacial score (nSPS) is 10.1. The van der Waals surface area contributed by atoms with Crippen LogP contribution in [0, 0.1) is 6.92 Å². The minimum Gasteiger partial charge on any atom is -0.324 e. The summed E-state index contributed by atoms with van der Waals surface area (Å²) in [5, 5.41) is 2.77. The number of rotatable bonds is 4. The minimum absolute atomic E-state index is 0.0463. The highest BCUT2D eigenvalue weighted by Crippen LogP contribution is 2.13. The summed E-state index contributed by atoms with van der Waals surface area (Å²) in [6.45, 7) is 1.88. The molecule has 0 spiro atoms. The molecule has 0 heterocycles. The molecule has 0 fully saturated rings. The molecule has 1 amide bonds. The maximum atomic E-state index is 12.1. The fourth-order valence-corrected chi connectivity index (χ4v) is 1.88. The molecular formula is C16H16N2O2. The smallest absolute Gasteiger partial charge is 0.255 e. The van der Waals surface area contributed by atoms with Gasteiger partial charge in [-0.15, -0.1) is 0 Å². The van der Waals surface area contributed by atoms with Crippen LogP contribution in [-0.4, -0.2) is 18.2 Å². The number of hydrogen-bond acceptors (Lipinski definition) is 3. The third-order valence-corrected chi connectivity index (χ3v) is 2.91. The molecule has 4 nitrogen and oxygen atoms in total. The van der Waals surface area contributed by atoms with E-state index in [9.17, 15) is 9.59 Å². The summed E-state index contributed by atoms with van der Waals surface area (Å²) >= 11 is 0. The van der Waals surface area contributed by atoms with E-state index in [0.717, 1.165) is 5.56 Å². The zero-order valence-electron chi connectivity index (χ0n) is 11.2. The zero-order chi connectivity index (χ0) is 14.5. The van der Waals surface area contributed by atoms with Crippen molar-refractivity contribution in [3.63, 3.8) is 0 Å². The van der Waals surface area contributed by atoms with Gasteiger partial charge in [-0.05, 0) is 31.2 Å². The van der Waals surface area contributed by atoms with Crippen LogP contribution < -0.4 is 11.1 Å². The molecule has 0 saturated heterocycles. The van der Waals surface area contributed by atoms with Crippen LogP contribution in [0.3, 0.4) is 0 Å². The molecule has 20 heavy (non-hydrogen) atoms. The van der Waals surface area contributed by atoms with E-state index in [0.29, 0.717) is 16.8 Å². The quantitative estimate of drug-likeness (QED) is 0.836. The molecule has 0 radical (unpaired) electrons. The van der Waals surface area contributed by atoms with Gasteiger partial charge in [0.15, 0.2) is 5.78 Å². The van der Waals surface area contributed by atoms with E-state index in [1.807, 2.05) is 25.1 Å². The van der Waals surface area contributed by atoms with Gasteiger partial charge < -0.3 is 11.1 Å². The van der Waals surface area contributed by atoms with E-state index < -0.39 is 0 Å². The predicted octanol–water partition coefficient (Wildman–Crippen LogP) is 2.39. The number of carbonyl (C=O) groups is 2. The van der Waals surface area contributed by atoms with Gasteiger partial charge >= 0.3 is 0 Å². The third kappa shape index (κ3) is 3.30. The lowest BCUT2D eigenvalue weighted by molar-refractivity contribution is 0.0997. The highest BCUT2D eigenvalue weighted by molar-refractivity contribution is 6.05. The number of amides is 1. The molecule has 2 aromatic carbocycles. The van der Waals surface area contributed by atoms with Crippen LogP contribution in [0.15, 0.2) is 48.5 Å². The fourth-order valence-electron chi connectivity index (χ4n) is 1.88. The van der Waals surface area contributed by atoms with Crippen LogP contribution in [0.4, 0.5) is 5.69 Å². The Morgan fingerprint density at radius 2 is 1.75 bits per heavy atom. The van der Waals surface area contributed by atoms with Crippen molar-refractivity contribution in [1.82, 2.24) is 0 Å². The van der Waals surface area contributed by atoms with Crippen molar-refractivity contribution in [2.45, 2.75) is 6.92 Å². The number of benzene rings is 2. The first kappa shape index (κ1) is 14.0. The molecule has 0 aliphatic rings. The van der Waals surface area contributed by atoms with Gasteiger partial charge in [-0.3, -0.25) is 9.59 Å². The summed E-state index contributed by atoms with van der Waals surface area (Å²) in [5.41, 5.74) is 8.00. The largest absolute Gasteiger partial charge is 0.324 e. The molecule has 2 rings (SSSR count). The summed E-state index contributed by atoms with van der Waals surface area (Å²) in [6.07, 6.45) is 0. The predicted molar refractivity (Wildman–Crippen MR) is 79.0 cm³/mol. The van der Waals surface area contributed by atoms with Crippen LogP contribution in [0.5, 0.6) is 0 Å². The SMILES string of the molecule is Cc1cccc(C(=O)Nc2cccc(C(=O)CN)c2)c1. The number of hydrogen-bond donors (Lipinski definition) is 2. The lowest BCUT2D eigenvalue weighted by Crippen LogP contribution is -2.15. The second-order valence-corrected chi connectivity index (χ2v) is 4.53. The molecule has 3 N–H and O–H groups in total. The van der Waals surface area contributed by atoms with Gasteiger partial charge in [0.25, 0.3) is 5.91 Å². The van der Waals surface area contributed by atoms with Gasteiger partial charge in [0, 0.05) is 16.8 Å². The number of ketones is 1. The molecule has 0 unspecified atom stereocenters. The minimum atomic E-state index is -0.203. The third-order valence-electron chi connectivity index (χ3n) is 2.91. The lowest BCUT2D eigenvalue weighted by atomic mass is 10.1. The highest BCUT2D eigenvalue weighted by Gasteiger charge is 2.08. The topological polar surface area (TPSA) is 72.2 Å². The van der Waals surface area contributed by atoms with Crippen molar-refractivity contribution in [2.24, 2.45) is 5.73 Å². The molecule has 0 saturated carbocycles. The van der Waals surface area contributed by atoms with Gasteiger partial charge in [0.2, 0.25) is 0 Å². The second kappa shape index (κ2) is 6.12. The van der Waals surface area contributed by atoms with E-state index in [1.165, 1.54) is 0 Å². The molecular weight excluding hydrogens is 252 g/mol. The Morgan fingerprint density at radius 1 is 1.05 bits per heavy atom. The van der Waals surface area contributed by atoms with Crippen molar-refractivity contribution in [3.8, 4) is 0 Å². The molecule has 0 atom stereocenters. The molecule has 102 valence electrons. The second-order valence-electron chi connectivity index (χ2n) is 4.53. The molecule has 0 aliphatic heterocycles. The van der Waals surface area contributed by atoms with E-state index in [4.69, 9.17) is 5.73 Å². The van der Waals surface area contributed by atoms with E-state index in [1.54, 1.807) is 30.3 Å². The van der Waals surface area contributed by atoms with Gasteiger partial charge in [0.1, 0.15) is 0 Å². The Labute approximate surface area is 117 Å². The summed E-state index contributed by atoms with van der Waals surface area (Å²) in [5.74, 6) is -0.359. The van der Waals surface area contributed by atoms with Crippen molar-refractivity contribution in [2.75, 3.05) is 11.9 Å². The molecule has 0 bridgehead atoms. The number of anilines is 1. The molecule has 2 aromatic rings. The average Bonchev–Trinajstić information content (AvgIpc) is 2.46. The standard InChI is InChI=1S/C16H16N2O2/c1-11-4-2-6-13(8-11)16(20)18-14-7-3-5-12(9-14)15(19)10-17/h2-9H,10,17H2,1H3,(H,18,20). The summed E-state index contributed by atoms with van der Waals surface area (Å²) in [6, 6.07) is 14.1. The number of aryl methyl sites for hydroxylation is 1.